The van der Waals surface area contributed by atoms with Gasteiger partial charge in [-0.2, -0.15) is 0 Å². The van der Waals surface area contributed by atoms with Gasteiger partial charge in [0.15, 0.2) is 5.58 Å². The third-order valence-corrected chi connectivity index (χ3v) is 5.37. The van der Waals surface area contributed by atoms with Crippen LogP contribution in [-0.2, 0) is 0 Å². The zero-order chi connectivity index (χ0) is 17.1. The van der Waals surface area contributed by atoms with E-state index < -0.39 is 5.60 Å². The summed E-state index contributed by atoms with van der Waals surface area (Å²) in [5, 5.41) is 18.7. The molecule has 2 aliphatic rings. The Labute approximate surface area is 147 Å². The fourth-order valence-electron chi connectivity index (χ4n) is 3.79. The molecule has 1 saturated heterocycles. The van der Waals surface area contributed by atoms with Crippen molar-refractivity contribution in [2.45, 2.75) is 44.1 Å². The summed E-state index contributed by atoms with van der Waals surface area (Å²) < 4.78 is 17.3. The standard InChI is InChI=1S/C19H26N2O4/c22-19(8-1-2-9-19)13-24-15-4-3-5-16-17(15)18(21-25-16)23-12-14-6-10-20-11-7-14/h3-5,14,20,22H,1-2,6-13H2. The summed E-state index contributed by atoms with van der Waals surface area (Å²) in [4.78, 5) is 0. The van der Waals surface area contributed by atoms with Crippen molar-refractivity contribution in [3.8, 4) is 11.6 Å². The Kier molecular flexibility index (Phi) is 4.81. The Morgan fingerprint density at radius 3 is 2.80 bits per heavy atom. The highest BCUT2D eigenvalue weighted by Crippen LogP contribution is 2.36. The summed E-state index contributed by atoms with van der Waals surface area (Å²) in [7, 11) is 0. The van der Waals surface area contributed by atoms with E-state index in [4.69, 9.17) is 14.0 Å². The minimum absolute atomic E-state index is 0.297. The summed E-state index contributed by atoms with van der Waals surface area (Å²) in [6.07, 6.45) is 5.94. The van der Waals surface area contributed by atoms with Gasteiger partial charge in [0, 0.05) is 0 Å². The van der Waals surface area contributed by atoms with Crippen LogP contribution in [0.1, 0.15) is 38.5 Å². The van der Waals surface area contributed by atoms with E-state index in [1.165, 1.54) is 0 Å². The molecule has 1 aliphatic heterocycles. The lowest BCUT2D eigenvalue weighted by Crippen LogP contribution is -2.32. The van der Waals surface area contributed by atoms with E-state index in [1.54, 1.807) is 0 Å². The van der Waals surface area contributed by atoms with Gasteiger partial charge in [-0.15, -0.1) is 0 Å². The quantitative estimate of drug-likeness (QED) is 0.837. The third kappa shape index (κ3) is 3.75. The van der Waals surface area contributed by atoms with Crippen LogP contribution in [0.5, 0.6) is 11.6 Å². The number of fused-ring (bicyclic) bond motifs is 1. The molecule has 2 heterocycles. The molecular formula is C19H26N2O4. The summed E-state index contributed by atoms with van der Waals surface area (Å²) in [5.74, 6) is 1.70. The first-order valence-electron chi connectivity index (χ1n) is 9.31. The first kappa shape index (κ1) is 16.7. The maximum absolute atomic E-state index is 10.5. The number of nitrogens with one attached hydrogen (secondary N) is 1. The minimum Gasteiger partial charge on any atom is -0.490 e. The number of ether oxygens (including phenoxy) is 2. The van der Waals surface area contributed by atoms with Gasteiger partial charge >= 0.3 is 0 Å². The van der Waals surface area contributed by atoms with Crippen LogP contribution in [0.2, 0.25) is 0 Å². The highest BCUT2D eigenvalue weighted by molar-refractivity contribution is 5.88. The first-order chi connectivity index (χ1) is 12.2. The minimum atomic E-state index is -0.713. The second-order valence-electron chi connectivity index (χ2n) is 7.34. The molecule has 0 unspecified atom stereocenters. The molecule has 2 aromatic rings. The van der Waals surface area contributed by atoms with Gasteiger partial charge in [0.05, 0.1) is 12.2 Å². The lowest BCUT2D eigenvalue weighted by atomic mass is 9.99. The van der Waals surface area contributed by atoms with Gasteiger partial charge < -0.3 is 24.4 Å². The van der Waals surface area contributed by atoms with Gasteiger partial charge in [0.25, 0.3) is 5.88 Å². The monoisotopic (exact) mass is 346 g/mol. The number of nitrogens with zero attached hydrogens (tertiary/aromatic N) is 1. The molecule has 1 aromatic carbocycles. The van der Waals surface area contributed by atoms with Gasteiger partial charge in [-0.1, -0.05) is 18.9 Å². The largest absolute Gasteiger partial charge is 0.490 e. The topological polar surface area (TPSA) is 76.8 Å². The molecule has 0 radical (unpaired) electrons. The van der Waals surface area contributed by atoms with E-state index in [-0.39, 0.29) is 0 Å². The summed E-state index contributed by atoms with van der Waals surface area (Å²) in [6, 6.07) is 5.62. The fraction of sp³-hybridized carbons (Fsp3) is 0.632. The van der Waals surface area contributed by atoms with Gasteiger partial charge in [-0.3, -0.25) is 0 Å². The maximum Gasteiger partial charge on any atom is 0.265 e. The van der Waals surface area contributed by atoms with Crippen LogP contribution in [-0.4, -0.2) is 42.2 Å². The number of aliphatic hydroxyl groups is 1. The average Bonchev–Trinajstić information content (AvgIpc) is 3.26. The third-order valence-electron chi connectivity index (χ3n) is 5.37. The first-order valence-corrected chi connectivity index (χ1v) is 9.31. The zero-order valence-electron chi connectivity index (χ0n) is 14.5. The molecule has 0 bridgehead atoms. The van der Waals surface area contributed by atoms with E-state index in [0.717, 1.165) is 57.0 Å². The van der Waals surface area contributed by atoms with Gasteiger partial charge in [-0.05, 0) is 62.0 Å². The molecule has 25 heavy (non-hydrogen) atoms. The van der Waals surface area contributed by atoms with Crippen molar-refractivity contribution >= 4 is 11.0 Å². The Balaban J connectivity index is 1.48. The Morgan fingerprint density at radius 1 is 1.20 bits per heavy atom. The molecule has 6 nitrogen and oxygen atoms in total. The number of hydrogen-bond donors (Lipinski definition) is 2. The number of benzene rings is 1. The van der Waals surface area contributed by atoms with Crippen LogP contribution in [0, 0.1) is 5.92 Å². The predicted molar refractivity (Wildman–Crippen MR) is 94.0 cm³/mol. The van der Waals surface area contributed by atoms with E-state index >= 15 is 0 Å². The summed E-state index contributed by atoms with van der Waals surface area (Å²) in [5.41, 5.74) is -0.0636. The van der Waals surface area contributed by atoms with Crippen LogP contribution in [0.3, 0.4) is 0 Å². The molecule has 0 atom stereocenters. The van der Waals surface area contributed by atoms with E-state index in [2.05, 4.69) is 10.5 Å². The maximum atomic E-state index is 10.5. The molecule has 2 N–H and O–H groups in total. The normalized spacial score (nSPS) is 20.8. The molecule has 1 aliphatic carbocycles. The molecule has 4 rings (SSSR count). The SMILES string of the molecule is OC1(COc2cccc3onc(OCC4CCNCC4)c23)CCCC1. The Bertz CT molecular complexity index is 703. The van der Waals surface area contributed by atoms with Gasteiger partial charge in [0.2, 0.25) is 0 Å². The molecule has 0 amide bonds. The molecule has 136 valence electrons. The fourth-order valence-corrected chi connectivity index (χ4v) is 3.79. The molecule has 1 aromatic heterocycles. The van der Waals surface area contributed by atoms with Crippen molar-refractivity contribution in [2.24, 2.45) is 5.92 Å². The smallest absolute Gasteiger partial charge is 0.265 e. The highest BCUT2D eigenvalue weighted by atomic mass is 16.5. The van der Waals surface area contributed by atoms with Crippen LogP contribution >= 0.6 is 0 Å². The van der Waals surface area contributed by atoms with Gasteiger partial charge in [0.1, 0.15) is 17.7 Å². The molecule has 6 heteroatoms. The van der Waals surface area contributed by atoms with Gasteiger partial charge in [-0.25, -0.2) is 0 Å². The van der Waals surface area contributed by atoms with Crippen LogP contribution in [0.25, 0.3) is 11.0 Å². The van der Waals surface area contributed by atoms with Crippen molar-refractivity contribution in [2.75, 3.05) is 26.3 Å². The van der Waals surface area contributed by atoms with Crippen molar-refractivity contribution in [3.05, 3.63) is 18.2 Å². The van der Waals surface area contributed by atoms with Crippen molar-refractivity contribution in [3.63, 3.8) is 0 Å². The van der Waals surface area contributed by atoms with Crippen molar-refractivity contribution < 1.29 is 19.1 Å². The van der Waals surface area contributed by atoms with Crippen molar-refractivity contribution in [1.29, 1.82) is 0 Å². The Morgan fingerprint density at radius 2 is 2.00 bits per heavy atom. The number of piperidine rings is 1. The number of aromatic nitrogens is 1. The van der Waals surface area contributed by atoms with Crippen LogP contribution < -0.4 is 14.8 Å². The second kappa shape index (κ2) is 7.22. The number of rotatable bonds is 6. The van der Waals surface area contributed by atoms with E-state index in [1.807, 2.05) is 18.2 Å². The lowest BCUT2D eigenvalue weighted by molar-refractivity contribution is 0.00183. The summed E-state index contributed by atoms with van der Waals surface area (Å²) >= 11 is 0. The summed E-state index contributed by atoms with van der Waals surface area (Å²) in [6.45, 7) is 3.02. The lowest BCUT2D eigenvalue weighted by Gasteiger charge is -2.23. The molecule has 2 fully saturated rings. The molecular weight excluding hydrogens is 320 g/mol. The van der Waals surface area contributed by atoms with E-state index in [0.29, 0.717) is 36.3 Å². The van der Waals surface area contributed by atoms with Crippen molar-refractivity contribution in [1.82, 2.24) is 10.5 Å². The highest BCUT2D eigenvalue weighted by Gasteiger charge is 2.32. The number of hydrogen-bond acceptors (Lipinski definition) is 6. The molecule has 0 spiro atoms. The second-order valence-corrected chi connectivity index (χ2v) is 7.34. The predicted octanol–water partition coefficient (Wildman–Crippen LogP) is 2.89. The Hall–Kier alpha value is -1.79. The van der Waals surface area contributed by atoms with E-state index in [9.17, 15) is 5.11 Å². The van der Waals surface area contributed by atoms with Crippen LogP contribution in [0.4, 0.5) is 0 Å². The zero-order valence-corrected chi connectivity index (χ0v) is 14.5. The van der Waals surface area contributed by atoms with Crippen LogP contribution in [0.15, 0.2) is 22.7 Å². The average molecular weight is 346 g/mol. The molecule has 1 saturated carbocycles.